The molecule has 218 valence electrons. The minimum atomic E-state index is 0.936. The molecule has 1 aromatic heterocycles. The smallest absolute Gasteiger partial charge is 0.145 e. The molecule has 0 spiro atoms. The molecule has 8 aromatic rings. The molecule has 0 amide bonds. The summed E-state index contributed by atoms with van der Waals surface area (Å²) >= 11 is 0. The maximum Gasteiger partial charge on any atom is 0.145 e. The lowest BCUT2D eigenvalue weighted by atomic mass is 10.0. The first-order valence-electron chi connectivity index (χ1n) is 15.6. The standard InChI is InChI=1S/C43H31N3/c1-4-12-32(13-5-1)34-24-28-39(29-25-34)45(37-14-6-2-7-15-37)40-30-26-35(27-31-40)33-20-22-36(23-21-33)43-44-41-18-10-11-19-42(41)46(43)38-16-8-3-9-17-38/h1-31H. The van der Waals surface area contributed by atoms with E-state index in [9.17, 15) is 0 Å². The molecule has 0 bridgehead atoms. The molecule has 7 aromatic carbocycles. The molecular weight excluding hydrogens is 558 g/mol. The first-order chi connectivity index (χ1) is 22.8. The highest BCUT2D eigenvalue weighted by Crippen LogP contribution is 2.37. The molecule has 0 fully saturated rings. The molecule has 3 nitrogen and oxygen atoms in total. The van der Waals surface area contributed by atoms with Gasteiger partial charge >= 0.3 is 0 Å². The number of benzene rings is 7. The molecule has 8 rings (SSSR count). The number of rotatable bonds is 7. The van der Waals surface area contributed by atoms with Gasteiger partial charge in [0.05, 0.1) is 11.0 Å². The van der Waals surface area contributed by atoms with Gasteiger partial charge in [0.15, 0.2) is 0 Å². The minimum Gasteiger partial charge on any atom is -0.311 e. The van der Waals surface area contributed by atoms with Crippen LogP contribution in [-0.4, -0.2) is 9.55 Å². The van der Waals surface area contributed by atoms with E-state index in [1.165, 1.54) is 16.7 Å². The van der Waals surface area contributed by atoms with Gasteiger partial charge in [-0.25, -0.2) is 4.98 Å². The Kier molecular flexibility index (Phi) is 7.18. The summed E-state index contributed by atoms with van der Waals surface area (Å²) in [6, 6.07) is 66.1. The first kappa shape index (κ1) is 27.4. The quantitative estimate of drug-likeness (QED) is 0.184. The van der Waals surface area contributed by atoms with Gasteiger partial charge in [-0.05, 0) is 82.9 Å². The van der Waals surface area contributed by atoms with Crippen molar-refractivity contribution >= 4 is 28.1 Å². The Labute approximate surface area is 269 Å². The van der Waals surface area contributed by atoms with Gasteiger partial charge in [-0.1, -0.05) is 127 Å². The predicted molar refractivity (Wildman–Crippen MR) is 192 cm³/mol. The Morgan fingerprint density at radius 1 is 0.348 bits per heavy atom. The SMILES string of the molecule is c1ccc(-c2ccc(N(c3ccccc3)c3ccc(-c4ccc(-c5nc6ccccc6n5-c5ccccc5)cc4)cc3)cc2)cc1. The van der Waals surface area contributed by atoms with E-state index in [1.807, 2.05) is 12.1 Å². The van der Waals surface area contributed by atoms with Crippen LogP contribution in [0.25, 0.3) is 50.4 Å². The third-order valence-corrected chi connectivity index (χ3v) is 8.42. The van der Waals surface area contributed by atoms with Gasteiger partial charge in [-0.3, -0.25) is 4.57 Å². The normalized spacial score (nSPS) is 11.0. The maximum absolute atomic E-state index is 5.03. The van der Waals surface area contributed by atoms with Gasteiger partial charge in [0.25, 0.3) is 0 Å². The summed E-state index contributed by atoms with van der Waals surface area (Å²) in [5.74, 6) is 0.936. The molecule has 0 unspecified atom stereocenters. The van der Waals surface area contributed by atoms with Crippen molar-refractivity contribution in [3.63, 3.8) is 0 Å². The van der Waals surface area contributed by atoms with Crippen molar-refractivity contribution in [1.29, 1.82) is 0 Å². The summed E-state index contributed by atoms with van der Waals surface area (Å²) in [5, 5.41) is 0. The number of nitrogens with zero attached hydrogens (tertiary/aromatic N) is 3. The Bertz CT molecular complexity index is 2200. The van der Waals surface area contributed by atoms with Gasteiger partial charge in [-0.2, -0.15) is 0 Å². The molecule has 0 aliphatic carbocycles. The summed E-state index contributed by atoms with van der Waals surface area (Å²) in [6.07, 6.45) is 0. The number of fused-ring (bicyclic) bond motifs is 1. The van der Waals surface area contributed by atoms with Crippen molar-refractivity contribution in [2.75, 3.05) is 4.90 Å². The molecule has 0 aliphatic heterocycles. The largest absolute Gasteiger partial charge is 0.311 e. The highest BCUT2D eigenvalue weighted by molar-refractivity contribution is 5.84. The van der Waals surface area contributed by atoms with Crippen LogP contribution in [0.3, 0.4) is 0 Å². The number of hydrogen-bond acceptors (Lipinski definition) is 2. The van der Waals surface area contributed by atoms with Crippen molar-refractivity contribution in [3.8, 4) is 39.3 Å². The van der Waals surface area contributed by atoms with Gasteiger partial charge < -0.3 is 4.90 Å². The Balaban J connectivity index is 1.11. The fourth-order valence-corrected chi connectivity index (χ4v) is 6.13. The summed E-state index contributed by atoms with van der Waals surface area (Å²) < 4.78 is 2.24. The molecular formula is C43H31N3. The predicted octanol–water partition coefficient (Wildman–Crippen LogP) is 11.5. The fourth-order valence-electron chi connectivity index (χ4n) is 6.13. The zero-order valence-corrected chi connectivity index (χ0v) is 25.2. The van der Waals surface area contributed by atoms with E-state index in [4.69, 9.17) is 4.98 Å². The molecule has 0 aliphatic rings. The van der Waals surface area contributed by atoms with Crippen LogP contribution < -0.4 is 4.90 Å². The molecule has 0 atom stereocenters. The van der Waals surface area contributed by atoms with Gasteiger partial charge in [0.2, 0.25) is 0 Å². The van der Waals surface area contributed by atoms with Crippen LogP contribution in [0.15, 0.2) is 188 Å². The van der Waals surface area contributed by atoms with Crippen LogP contribution in [0.1, 0.15) is 0 Å². The van der Waals surface area contributed by atoms with E-state index in [2.05, 4.69) is 185 Å². The molecule has 0 N–H and O–H groups in total. The van der Waals surface area contributed by atoms with Crippen LogP contribution in [-0.2, 0) is 0 Å². The van der Waals surface area contributed by atoms with E-state index in [1.54, 1.807) is 0 Å². The lowest BCUT2D eigenvalue weighted by Gasteiger charge is -2.26. The van der Waals surface area contributed by atoms with Crippen molar-refractivity contribution < 1.29 is 0 Å². The Morgan fingerprint density at radius 3 is 1.35 bits per heavy atom. The molecule has 3 heteroatoms. The van der Waals surface area contributed by atoms with Crippen LogP contribution in [0.2, 0.25) is 0 Å². The van der Waals surface area contributed by atoms with Crippen molar-refractivity contribution in [2.45, 2.75) is 0 Å². The van der Waals surface area contributed by atoms with E-state index in [0.29, 0.717) is 0 Å². The maximum atomic E-state index is 5.03. The summed E-state index contributed by atoms with van der Waals surface area (Å²) in [5.41, 5.74) is 12.4. The lowest BCUT2D eigenvalue weighted by molar-refractivity contribution is 1.10. The fraction of sp³-hybridized carbons (Fsp3) is 0. The van der Waals surface area contributed by atoms with Gasteiger partial charge in [-0.15, -0.1) is 0 Å². The third kappa shape index (κ3) is 5.25. The van der Waals surface area contributed by atoms with Crippen LogP contribution in [0, 0.1) is 0 Å². The van der Waals surface area contributed by atoms with Crippen LogP contribution >= 0.6 is 0 Å². The zero-order valence-electron chi connectivity index (χ0n) is 25.2. The van der Waals surface area contributed by atoms with Crippen molar-refractivity contribution in [1.82, 2.24) is 9.55 Å². The molecule has 1 heterocycles. The van der Waals surface area contributed by atoms with Crippen LogP contribution in [0.4, 0.5) is 17.1 Å². The van der Waals surface area contributed by atoms with Gasteiger partial charge in [0, 0.05) is 28.3 Å². The van der Waals surface area contributed by atoms with E-state index < -0.39 is 0 Å². The number of imidazole rings is 1. The topological polar surface area (TPSA) is 21.1 Å². The van der Waals surface area contributed by atoms with E-state index in [-0.39, 0.29) is 0 Å². The summed E-state index contributed by atoms with van der Waals surface area (Å²) in [6.45, 7) is 0. The highest BCUT2D eigenvalue weighted by atomic mass is 15.1. The Hall–Kier alpha value is -6.19. The molecule has 0 saturated carbocycles. The van der Waals surface area contributed by atoms with E-state index >= 15 is 0 Å². The summed E-state index contributed by atoms with van der Waals surface area (Å²) in [7, 11) is 0. The lowest BCUT2D eigenvalue weighted by Crippen LogP contribution is -2.09. The zero-order chi connectivity index (χ0) is 30.7. The number of anilines is 3. The van der Waals surface area contributed by atoms with E-state index in [0.717, 1.165) is 50.7 Å². The second-order valence-corrected chi connectivity index (χ2v) is 11.3. The van der Waals surface area contributed by atoms with Crippen molar-refractivity contribution in [2.24, 2.45) is 0 Å². The average molecular weight is 590 g/mol. The third-order valence-electron chi connectivity index (χ3n) is 8.42. The first-order valence-corrected chi connectivity index (χ1v) is 15.6. The number of aromatic nitrogens is 2. The summed E-state index contributed by atoms with van der Waals surface area (Å²) in [4.78, 5) is 7.33. The monoisotopic (exact) mass is 589 g/mol. The van der Waals surface area contributed by atoms with Crippen molar-refractivity contribution in [3.05, 3.63) is 188 Å². The number of hydrogen-bond donors (Lipinski definition) is 0. The molecule has 0 radical (unpaired) electrons. The molecule has 46 heavy (non-hydrogen) atoms. The minimum absolute atomic E-state index is 0.936. The Morgan fingerprint density at radius 2 is 0.761 bits per heavy atom. The van der Waals surface area contributed by atoms with Crippen LogP contribution in [0.5, 0.6) is 0 Å². The second kappa shape index (κ2) is 12.1. The highest BCUT2D eigenvalue weighted by Gasteiger charge is 2.15. The molecule has 0 saturated heterocycles. The average Bonchev–Trinajstić information content (AvgIpc) is 3.53. The number of para-hydroxylation sites is 4. The second-order valence-electron chi connectivity index (χ2n) is 11.3. The van der Waals surface area contributed by atoms with Gasteiger partial charge in [0.1, 0.15) is 5.82 Å².